The molecule has 0 atom stereocenters. The molecule has 1 fully saturated rings. The van der Waals surface area contributed by atoms with E-state index >= 15 is 4.39 Å². The lowest BCUT2D eigenvalue weighted by molar-refractivity contribution is 0.0854. The smallest absolute Gasteiger partial charge is 0.275 e. The maximum absolute atomic E-state index is 15.3. The molecule has 7 nitrogen and oxygen atoms in total. The predicted molar refractivity (Wildman–Crippen MR) is 133 cm³/mol. The first-order chi connectivity index (χ1) is 18.3. The summed E-state index contributed by atoms with van der Waals surface area (Å²) in [6.45, 7) is 1.21. The third kappa shape index (κ3) is 4.26. The second-order valence-electron chi connectivity index (χ2n) is 9.76. The molecule has 1 aromatic carbocycles. The Morgan fingerprint density at radius 1 is 1.13 bits per heavy atom. The Hall–Kier alpha value is -3.99. The summed E-state index contributed by atoms with van der Waals surface area (Å²) in [6.07, 6.45) is 3.32. The monoisotopic (exact) mass is 525 g/mol. The number of nitrogens with zero attached hydrogens (tertiary/aromatic N) is 3. The van der Waals surface area contributed by atoms with Crippen molar-refractivity contribution in [2.24, 2.45) is 0 Å². The van der Waals surface area contributed by atoms with Crippen molar-refractivity contribution in [3.63, 3.8) is 0 Å². The molecule has 3 aromatic heterocycles. The third-order valence-electron chi connectivity index (χ3n) is 7.28. The van der Waals surface area contributed by atoms with Crippen LogP contribution in [0.3, 0.4) is 0 Å². The molecule has 0 radical (unpaired) electrons. The van der Waals surface area contributed by atoms with E-state index in [-0.39, 0.29) is 42.2 Å². The fourth-order valence-corrected chi connectivity index (χ4v) is 5.12. The number of fused-ring (bicyclic) bond motifs is 3. The van der Waals surface area contributed by atoms with Crippen LogP contribution in [0.25, 0.3) is 22.1 Å². The molecule has 1 aliphatic carbocycles. The Balaban J connectivity index is 1.16. The zero-order valence-corrected chi connectivity index (χ0v) is 20.1. The first-order valence-corrected chi connectivity index (χ1v) is 12.3. The van der Waals surface area contributed by atoms with Crippen LogP contribution < -0.4 is 10.9 Å². The molecular formula is C27H23F4N5O2. The lowest BCUT2D eigenvalue weighted by Gasteiger charge is -2.30. The van der Waals surface area contributed by atoms with Crippen molar-refractivity contribution in [1.82, 2.24) is 24.6 Å². The molecule has 11 heteroatoms. The molecule has 196 valence electrons. The Bertz CT molecular complexity index is 1670. The average molecular weight is 526 g/mol. The second-order valence-corrected chi connectivity index (χ2v) is 9.76. The van der Waals surface area contributed by atoms with Crippen LogP contribution in [0.15, 0.2) is 47.4 Å². The number of hydrogen-bond acceptors (Lipinski definition) is 4. The van der Waals surface area contributed by atoms with Gasteiger partial charge in [0.1, 0.15) is 22.9 Å². The van der Waals surface area contributed by atoms with Crippen LogP contribution >= 0.6 is 0 Å². The maximum Gasteiger partial charge on any atom is 0.275 e. The SMILES string of the molecule is O=C(NC1CC(F)C1)c1ccc(C2=CCN(Cc3ccc4c([nH]c(=O)c5c(F)ccn54)c3F)CC2)c(F)n1. The van der Waals surface area contributed by atoms with Crippen LogP contribution in [0, 0.1) is 17.6 Å². The number of hydrogen-bond donors (Lipinski definition) is 2. The molecule has 0 unspecified atom stereocenters. The summed E-state index contributed by atoms with van der Waals surface area (Å²) in [5.74, 6) is -2.55. The summed E-state index contributed by atoms with van der Waals surface area (Å²) in [5, 5.41) is 2.65. The zero-order valence-electron chi connectivity index (χ0n) is 20.1. The second kappa shape index (κ2) is 9.39. The van der Waals surface area contributed by atoms with E-state index in [1.807, 2.05) is 11.0 Å². The molecule has 4 heterocycles. The molecule has 0 saturated heterocycles. The highest BCUT2D eigenvalue weighted by Crippen LogP contribution is 2.27. The van der Waals surface area contributed by atoms with Crippen LogP contribution in [0.5, 0.6) is 0 Å². The Labute approximate surface area is 213 Å². The van der Waals surface area contributed by atoms with Gasteiger partial charge in [-0.2, -0.15) is 4.39 Å². The van der Waals surface area contributed by atoms with Crippen molar-refractivity contribution >= 4 is 28.0 Å². The van der Waals surface area contributed by atoms with Gasteiger partial charge in [-0.1, -0.05) is 12.1 Å². The van der Waals surface area contributed by atoms with Gasteiger partial charge in [-0.15, -0.1) is 0 Å². The topological polar surface area (TPSA) is 82.5 Å². The van der Waals surface area contributed by atoms with Crippen LogP contribution in [0.4, 0.5) is 17.6 Å². The predicted octanol–water partition coefficient (Wildman–Crippen LogP) is 4.11. The van der Waals surface area contributed by atoms with Gasteiger partial charge in [-0.05, 0) is 49.1 Å². The van der Waals surface area contributed by atoms with E-state index in [0.717, 1.165) is 11.6 Å². The van der Waals surface area contributed by atoms with E-state index in [4.69, 9.17) is 0 Å². The van der Waals surface area contributed by atoms with Gasteiger partial charge in [0, 0.05) is 43.0 Å². The first-order valence-electron chi connectivity index (χ1n) is 12.3. The van der Waals surface area contributed by atoms with Gasteiger partial charge in [-0.25, -0.2) is 18.2 Å². The highest BCUT2D eigenvalue weighted by atomic mass is 19.1. The number of carbonyl (C=O) groups excluding carboxylic acids is 1. The number of nitrogens with one attached hydrogen (secondary N) is 2. The number of alkyl halides is 1. The van der Waals surface area contributed by atoms with E-state index in [0.29, 0.717) is 36.2 Å². The van der Waals surface area contributed by atoms with E-state index in [1.165, 1.54) is 22.7 Å². The van der Waals surface area contributed by atoms with Crippen molar-refractivity contribution in [3.05, 3.63) is 87.4 Å². The van der Waals surface area contributed by atoms with Crippen LogP contribution in [0.2, 0.25) is 0 Å². The minimum absolute atomic E-state index is 0.00272. The number of aromatic amines is 1. The van der Waals surface area contributed by atoms with Crippen molar-refractivity contribution < 1.29 is 22.4 Å². The van der Waals surface area contributed by atoms with Crippen molar-refractivity contribution in [1.29, 1.82) is 0 Å². The van der Waals surface area contributed by atoms with Crippen molar-refractivity contribution in [3.8, 4) is 0 Å². The van der Waals surface area contributed by atoms with Gasteiger partial charge < -0.3 is 14.7 Å². The zero-order chi connectivity index (χ0) is 26.6. The number of aromatic nitrogens is 3. The minimum atomic E-state index is -0.909. The number of H-pyrrole nitrogens is 1. The maximum atomic E-state index is 15.3. The number of pyridine rings is 1. The van der Waals surface area contributed by atoms with E-state index in [9.17, 15) is 22.8 Å². The number of rotatable bonds is 5. The van der Waals surface area contributed by atoms with E-state index < -0.39 is 35.2 Å². The highest BCUT2D eigenvalue weighted by molar-refractivity contribution is 5.92. The minimum Gasteiger partial charge on any atom is -0.348 e. The van der Waals surface area contributed by atoms with Crippen molar-refractivity contribution in [2.75, 3.05) is 13.1 Å². The Kier molecular flexibility index (Phi) is 6.02. The van der Waals surface area contributed by atoms with Gasteiger partial charge in [0.2, 0.25) is 5.95 Å². The molecular weight excluding hydrogens is 502 g/mol. The van der Waals surface area contributed by atoms with Gasteiger partial charge in [0.15, 0.2) is 11.6 Å². The fourth-order valence-electron chi connectivity index (χ4n) is 5.12. The largest absolute Gasteiger partial charge is 0.348 e. The summed E-state index contributed by atoms with van der Waals surface area (Å²) < 4.78 is 58.3. The molecule has 2 N–H and O–H groups in total. The molecule has 0 spiro atoms. The summed E-state index contributed by atoms with van der Waals surface area (Å²) in [4.78, 5) is 32.8. The summed E-state index contributed by atoms with van der Waals surface area (Å²) >= 11 is 0. The van der Waals surface area contributed by atoms with E-state index in [2.05, 4.69) is 15.3 Å². The molecule has 0 bridgehead atoms. The summed E-state index contributed by atoms with van der Waals surface area (Å²) in [5.41, 5.74) is 0.818. The lowest BCUT2D eigenvalue weighted by Crippen LogP contribution is -2.45. The summed E-state index contributed by atoms with van der Waals surface area (Å²) in [7, 11) is 0. The van der Waals surface area contributed by atoms with Gasteiger partial charge in [0.25, 0.3) is 11.5 Å². The van der Waals surface area contributed by atoms with Crippen LogP contribution in [0.1, 0.15) is 40.9 Å². The summed E-state index contributed by atoms with van der Waals surface area (Å²) in [6, 6.07) is 7.12. The quantitative estimate of drug-likeness (QED) is 0.304. The fraction of sp³-hybridized carbons (Fsp3) is 0.296. The molecule has 4 aromatic rings. The molecule has 38 heavy (non-hydrogen) atoms. The standard InChI is InChI=1S/C27H23F4N5O2/c28-16-11-17(12-16)32-26(37)20-3-2-18(25(31)33-20)14-5-8-35(9-6-14)13-15-1-4-21-23(22(15)30)34-27(38)24-19(29)7-10-36(21)24/h1-5,7,10,16-17H,6,8-9,11-13H2,(H,32,37)(H,34,38). The third-order valence-corrected chi connectivity index (χ3v) is 7.28. The van der Waals surface area contributed by atoms with Gasteiger partial charge >= 0.3 is 0 Å². The lowest BCUT2D eigenvalue weighted by atomic mass is 9.91. The Morgan fingerprint density at radius 2 is 1.95 bits per heavy atom. The average Bonchev–Trinajstić information content (AvgIpc) is 3.28. The molecule has 1 aliphatic heterocycles. The number of carbonyl (C=O) groups is 1. The number of amides is 1. The van der Waals surface area contributed by atoms with Gasteiger partial charge in [-0.3, -0.25) is 14.5 Å². The van der Waals surface area contributed by atoms with E-state index in [1.54, 1.807) is 12.1 Å². The number of halogens is 4. The van der Waals surface area contributed by atoms with Gasteiger partial charge in [0.05, 0.1) is 5.52 Å². The molecule has 6 rings (SSSR count). The van der Waals surface area contributed by atoms with Crippen LogP contribution in [-0.2, 0) is 6.54 Å². The first kappa shape index (κ1) is 24.4. The number of benzene rings is 1. The Morgan fingerprint density at radius 3 is 2.66 bits per heavy atom. The molecule has 2 aliphatic rings. The highest BCUT2D eigenvalue weighted by Gasteiger charge is 2.30. The van der Waals surface area contributed by atoms with Crippen molar-refractivity contribution in [2.45, 2.75) is 38.0 Å². The molecule has 1 saturated carbocycles. The normalized spacial score (nSPS) is 19.9. The van der Waals surface area contributed by atoms with Crippen LogP contribution in [-0.4, -0.2) is 50.5 Å². The molecule has 1 amide bonds.